The van der Waals surface area contributed by atoms with E-state index in [1.807, 2.05) is 32.0 Å². The summed E-state index contributed by atoms with van der Waals surface area (Å²) in [5.74, 6) is 0.663. The topological polar surface area (TPSA) is 29.5 Å². The van der Waals surface area contributed by atoms with Crippen LogP contribution in [0.3, 0.4) is 0 Å². The van der Waals surface area contributed by atoms with Crippen molar-refractivity contribution in [1.82, 2.24) is 0 Å². The van der Waals surface area contributed by atoms with Crippen LogP contribution in [0.25, 0.3) is 0 Å². The van der Waals surface area contributed by atoms with Crippen LogP contribution in [0.2, 0.25) is 5.02 Å². The van der Waals surface area contributed by atoms with Gasteiger partial charge in [-0.2, -0.15) is 0 Å². The number of para-hydroxylation sites is 1. The zero-order chi connectivity index (χ0) is 10.6. The standard InChI is InChI=1S/C11H15ClO2/c1-11(2,7-13)8-14-10-6-4-3-5-9(10)12/h3-6,13H,7-8H2,1-2H3. The molecule has 1 N–H and O–H groups in total. The molecule has 78 valence electrons. The molecular formula is C11H15ClO2. The number of aliphatic hydroxyl groups excluding tert-OH is 1. The molecule has 0 aromatic heterocycles. The lowest BCUT2D eigenvalue weighted by Crippen LogP contribution is -2.25. The molecule has 1 aromatic carbocycles. The maximum atomic E-state index is 9.03. The van der Waals surface area contributed by atoms with Gasteiger partial charge >= 0.3 is 0 Å². The molecule has 0 radical (unpaired) electrons. The molecule has 0 unspecified atom stereocenters. The molecular weight excluding hydrogens is 200 g/mol. The highest BCUT2D eigenvalue weighted by Gasteiger charge is 2.17. The van der Waals surface area contributed by atoms with Crippen molar-refractivity contribution >= 4 is 11.6 Å². The molecule has 0 saturated carbocycles. The zero-order valence-electron chi connectivity index (χ0n) is 8.46. The maximum absolute atomic E-state index is 9.03. The van der Waals surface area contributed by atoms with Gasteiger partial charge in [-0.1, -0.05) is 37.6 Å². The van der Waals surface area contributed by atoms with Crippen molar-refractivity contribution in [3.8, 4) is 5.75 Å². The second-order valence-electron chi connectivity index (χ2n) is 4.04. The Morgan fingerprint density at radius 3 is 2.57 bits per heavy atom. The van der Waals surface area contributed by atoms with Gasteiger partial charge in [0.05, 0.1) is 18.2 Å². The molecule has 14 heavy (non-hydrogen) atoms. The summed E-state index contributed by atoms with van der Waals surface area (Å²) in [4.78, 5) is 0. The molecule has 3 heteroatoms. The molecule has 0 spiro atoms. The number of halogens is 1. The van der Waals surface area contributed by atoms with Crippen LogP contribution in [0.1, 0.15) is 13.8 Å². The van der Waals surface area contributed by atoms with E-state index in [2.05, 4.69) is 0 Å². The van der Waals surface area contributed by atoms with Crippen LogP contribution < -0.4 is 4.74 Å². The van der Waals surface area contributed by atoms with E-state index in [4.69, 9.17) is 21.4 Å². The Labute approximate surface area is 89.5 Å². The predicted octanol–water partition coefficient (Wildman–Crippen LogP) is 2.74. The van der Waals surface area contributed by atoms with E-state index in [0.717, 1.165) is 0 Å². The lowest BCUT2D eigenvalue weighted by atomic mass is 9.97. The Kier molecular flexibility index (Phi) is 3.78. The van der Waals surface area contributed by atoms with Crippen molar-refractivity contribution in [2.45, 2.75) is 13.8 Å². The Morgan fingerprint density at radius 2 is 2.00 bits per heavy atom. The lowest BCUT2D eigenvalue weighted by molar-refractivity contribution is 0.0976. The first-order valence-electron chi connectivity index (χ1n) is 4.53. The molecule has 0 amide bonds. The molecule has 0 aliphatic heterocycles. The average molecular weight is 215 g/mol. The van der Waals surface area contributed by atoms with Crippen LogP contribution in [0.5, 0.6) is 5.75 Å². The predicted molar refractivity (Wildman–Crippen MR) is 57.8 cm³/mol. The number of aliphatic hydroxyl groups is 1. The normalized spacial score (nSPS) is 11.4. The molecule has 0 heterocycles. The lowest BCUT2D eigenvalue weighted by Gasteiger charge is -2.22. The Morgan fingerprint density at radius 1 is 1.36 bits per heavy atom. The number of hydrogen-bond acceptors (Lipinski definition) is 2. The third-order valence-electron chi connectivity index (χ3n) is 1.88. The van der Waals surface area contributed by atoms with Crippen LogP contribution >= 0.6 is 11.6 Å². The van der Waals surface area contributed by atoms with Crippen LogP contribution in [0.4, 0.5) is 0 Å². The highest BCUT2D eigenvalue weighted by molar-refractivity contribution is 6.32. The molecule has 0 aliphatic carbocycles. The third kappa shape index (κ3) is 3.20. The van der Waals surface area contributed by atoms with Gasteiger partial charge in [-0.05, 0) is 12.1 Å². The number of rotatable bonds is 4. The number of hydrogen-bond donors (Lipinski definition) is 1. The van der Waals surface area contributed by atoms with E-state index in [0.29, 0.717) is 17.4 Å². The van der Waals surface area contributed by atoms with Gasteiger partial charge in [0.1, 0.15) is 5.75 Å². The van der Waals surface area contributed by atoms with Crippen LogP contribution in [0, 0.1) is 5.41 Å². The zero-order valence-corrected chi connectivity index (χ0v) is 9.21. The summed E-state index contributed by atoms with van der Waals surface area (Å²) in [5, 5.41) is 9.63. The summed E-state index contributed by atoms with van der Waals surface area (Å²) in [6, 6.07) is 7.32. The second-order valence-corrected chi connectivity index (χ2v) is 4.45. The molecule has 1 rings (SSSR count). The number of benzene rings is 1. The minimum Gasteiger partial charge on any atom is -0.491 e. The van der Waals surface area contributed by atoms with Crippen LogP contribution in [-0.4, -0.2) is 18.3 Å². The number of ether oxygens (including phenoxy) is 1. The second kappa shape index (κ2) is 4.67. The van der Waals surface area contributed by atoms with Crippen molar-refractivity contribution in [2.75, 3.05) is 13.2 Å². The minimum atomic E-state index is -0.237. The Hall–Kier alpha value is -0.730. The smallest absolute Gasteiger partial charge is 0.137 e. The Balaban J connectivity index is 2.58. The van der Waals surface area contributed by atoms with Crippen LogP contribution in [0.15, 0.2) is 24.3 Å². The fourth-order valence-electron chi connectivity index (χ4n) is 0.881. The highest BCUT2D eigenvalue weighted by Crippen LogP contribution is 2.25. The van der Waals surface area contributed by atoms with Gasteiger partial charge in [0.2, 0.25) is 0 Å². The van der Waals surface area contributed by atoms with Gasteiger partial charge in [0, 0.05) is 5.41 Å². The van der Waals surface area contributed by atoms with E-state index in [9.17, 15) is 0 Å². The minimum absolute atomic E-state index is 0.0947. The first-order chi connectivity index (χ1) is 6.55. The van der Waals surface area contributed by atoms with Crippen molar-refractivity contribution < 1.29 is 9.84 Å². The summed E-state index contributed by atoms with van der Waals surface area (Å²) in [6.07, 6.45) is 0. The quantitative estimate of drug-likeness (QED) is 0.835. The maximum Gasteiger partial charge on any atom is 0.137 e. The van der Waals surface area contributed by atoms with Gasteiger partial charge in [-0.3, -0.25) is 0 Å². The first kappa shape index (κ1) is 11.3. The van der Waals surface area contributed by atoms with Crippen molar-refractivity contribution in [2.24, 2.45) is 5.41 Å². The summed E-state index contributed by atoms with van der Waals surface area (Å²) >= 11 is 5.91. The molecule has 0 fully saturated rings. The van der Waals surface area contributed by atoms with E-state index >= 15 is 0 Å². The van der Waals surface area contributed by atoms with Gasteiger partial charge in [0.25, 0.3) is 0 Å². The molecule has 0 saturated heterocycles. The van der Waals surface area contributed by atoms with Crippen LogP contribution in [-0.2, 0) is 0 Å². The fraction of sp³-hybridized carbons (Fsp3) is 0.455. The first-order valence-corrected chi connectivity index (χ1v) is 4.91. The average Bonchev–Trinajstić information content (AvgIpc) is 2.17. The van der Waals surface area contributed by atoms with Crippen molar-refractivity contribution in [3.63, 3.8) is 0 Å². The van der Waals surface area contributed by atoms with E-state index in [-0.39, 0.29) is 12.0 Å². The van der Waals surface area contributed by atoms with Gasteiger partial charge in [-0.15, -0.1) is 0 Å². The van der Waals surface area contributed by atoms with Crippen molar-refractivity contribution in [3.05, 3.63) is 29.3 Å². The van der Waals surface area contributed by atoms with E-state index < -0.39 is 0 Å². The SMILES string of the molecule is CC(C)(CO)COc1ccccc1Cl. The largest absolute Gasteiger partial charge is 0.491 e. The summed E-state index contributed by atoms with van der Waals surface area (Å²) in [6.45, 7) is 4.42. The summed E-state index contributed by atoms with van der Waals surface area (Å²) in [5.41, 5.74) is -0.237. The highest BCUT2D eigenvalue weighted by atomic mass is 35.5. The van der Waals surface area contributed by atoms with E-state index in [1.54, 1.807) is 6.07 Å². The summed E-state index contributed by atoms with van der Waals surface area (Å²) < 4.78 is 5.50. The molecule has 0 atom stereocenters. The molecule has 0 bridgehead atoms. The third-order valence-corrected chi connectivity index (χ3v) is 2.20. The van der Waals surface area contributed by atoms with Gasteiger partial charge < -0.3 is 9.84 Å². The monoisotopic (exact) mass is 214 g/mol. The fourth-order valence-corrected chi connectivity index (χ4v) is 1.07. The molecule has 1 aromatic rings. The van der Waals surface area contributed by atoms with E-state index in [1.165, 1.54) is 0 Å². The van der Waals surface area contributed by atoms with Gasteiger partial charge in [0.15, 0.2) is 0 Å². The van der Waals surface area contributed by atoms with Crippen molar-refractivity contribution in [1.29, 1.82) is 0 Å². The Bertz CT molecular complexity index is 297. The summed E-state index contributed by atoms with van der Waals surface area (Å²) in [7, 11) is 0. The molecule has 2 nitrogen and oxygen atoms in total. The van der Waals surface area contributed by atoms with Gasteiger partial charge in [-0.25, -0.2) is 0 Å². The molecule has 0 aliphatic rings.